The van der Waals surface area contributed by atoms with Gasteiger partial charge in [-0.15, -0.1) is 15.3 Å². The number of aromatic nitrogens is 5. The number of pyridine rings is 1. The highest BCUT2D eigenvalue weighted by Gasteiger charge is 2.45. The van der Waals surface area contributed by atoms with E-state index in [0.29, 0.717) is 11.2 Å². The highest BCUT2D eigenvalue weighted by Crippen LogP contribution is 2.27. The molecule has 0 radical (unpaired) electrons. The molecule has 0 aromatic carbocycles. The van der Waals surface area contributed by atoms with Crippen molar-refractivity contribution < 1.29 is 19.1 Å². The lowest BCUT2D eigenvalue weighted by atomic mass is 10.0. The molecule has 1 aliphatic heterocycles. The van der Waals surface area contributed by atoms with Crippen LogP contribution in [0.3, 0.4) is 0 Å². The second kappa shape index (κ2) is 6.83. The van der Waals surface area contributed by atoms with Crippen molar-refractivity contribution in [2.75, 3.05) is 6.61 Å². The first-order valence-electron chi connectivity index (χ1n) is 8.13. The van der Waals surface area contributed by atoms with Gasteiger partial charge in [-0.1, -0.05) is 0 Å². The number of hydrogen-bond donors (Lipinski definition) is 1. The molecule has 3 aromatic heterocycles. The number of aromatic amines is 1. The molecule has 10 nitrogen and oxygen atoms in total. The number of fused-ring (bicyclic) bond motifs is 1. The predicted octanol–water partition coefficient (Wildman–Crippen LogP) is 1.14. The molecular weight excluding hydrogens is 352 g/mol. The van der Waals surface area contributed by atoms with Crippen molar-refractivity contribution >= 4 is 34.8 Å². The molecule has 1 N–H and O–H groups in total. The van der Waals surface area contributed by atoms with Gasteiger partial charge in [0.1, 0.15) is 18.3 Å². The number of allylic oxidation sites excluding steroid dienone is 1. The van der Waals surface area contributed by atoms with Crippen molar-refractivity contribution in [1.82, 2.24) is 24.8 Å². The van der Waals surface area contributed by atoms with Crippen molar-refractivity contribution in [3.05, 3.63) is 48.5 Å². The fourth-order valence-corrected chi connectivity index (χ4v) is 2.69. The number of ether oxygens (including phenoxy) is 2. The Hall–Kier alpha value is -3.82. The molecule has 136 valence electrons. The van der Waals surface area contributed by atoms with Crippen molar-refractivity contribution in [3.8, 4) is 0 Å². The summed E-state index contributed by atoms with van der Waals surface area (Å²) in [4.78, 5) is 32.3. The lowest BCUT2D eigenvalue weighted by molar-refractivity contribution is -0.147. The van der Waals surface area contributed by atoms with Crippen LogP contribution in [-0.4, -0.2) is 49.1 Å². The number of ketones is 1. The number of rotatable bonds is 4. The van der Waals surface area contributed by atoms with Gasteiger partial charge < -0.3 is 14.5 Å². The van der Waals surface area contributed by atoms with E-state index < -0.39 is 17.7 Å². The topological polar surface area (TPSA) is 124 Å². The molecule has 1 unspecified atom stereocenters. The molecule has 1 saturated heterocycles. The van der Waals surface area contributed by atoms with E-state index in [4.69, 9.17) is 9.47 Å². The fourth-order valence-electron chi connectivity index (χ4n) is 2.69. The number of Topliss-reactive ketones (excluding diaryl/α,β-unsaturated/α-hetero) is 1. The van der Waals surface area contributed by atoms with E-state index in [1.165, 1.54) is 17.3 Å². The molecule has 0 bridgehead atoms. The molecule has 0 aliphatic carbocycles. The third-order valence-electron chi connectivity index (χ3n) is 3.88. The largest absolute Gasteiger partial charge is 0.465 e. The number of nitrogens with one attached hydrogen (secondary N) is 1. The van der Waals surface area contributed by atoms with Crippen molar-refractivity contribution in [2.45, 2.75) is 6.92 Å². The summed E-state index contributed by atoms with van der Waals surface area (Å²) < 4.78 is 11.8. The van der Waals surface area contributed by atoms with Crippen molar-refractivity contribution in [2.24, 2.45) is 11.0 Å². The fraction of sp³-hybridized carbons (Fsp3) is 0.176. The summed E-state index contributed by atoms with van der Waals surface area (Å²) >= 11 is 0. The van der Waals surface area contributed by atoms with E-state index in [9.17, 15) is 9.59 Å². The Balaban J connectivity index is 1.74. The zero-order valence-corrected chi connectivity index (χ0v) is 14.2. The monoisotopic (exact) mass is 366 g/mol. The highest BCUT2D eigenvalue weighted by molar-refractivity contribution is 6.27. The smallest absolute Gasteiger partial charge is 0.326 e. The Labute approximate surface area is 152 Å². The van der Waals surface area contributed by atoms with Gasteiger partial charge in [0.2, 0.25) is 17.6 Å². The number of hydrogen-bond acceptors (Lipinski definition) is 8. The lowest BCUT2D eigenvalue weighted by Crippen LogP contribution is -2.28. The van der Waals surface area contributed by atoms with E-state index >= 15 is 0 Å². The molecule has 0 amide bonds. The van der Waals surface area contributed by atoms with Crippen molar-refractivity contribution in [1.29, 1.82) is 0 Å². The Bertz CT molecular complexity index is 1070. The van der Waals surface area contributed by atoms with E-state index in [-0.39, 0.29) is 18.3 Å². The molecular formula is C17H14N6O4. The second-order valence-corrected chi connectivity index (χ2v) is 5.58. The maximum Gasteiger partial charge on any atom is 0.326 e. The first kappa shape index (κ1) is 16.6. The van der Waals surface area contributed by atoms with Gasteiger partial charge in [0.15, 0.2) is 5.76 Å². The zero-order chi connectivity index (χ0) is 18.8. The number of esters is 1. The van der Waals surface area contributed by atoms with Gasteiger partial charge >= 0.3 is 5.97 Å². The summed E-state index contributed by atoms with van der Waals surface area (Å²) in [5.41, 5.74) is 1.38. The third-order valence-corrected chi connectivity index (χ3v) is 3.88. The highest BCUT2D eigenvalue weighted by atomic mass is 16.5. The van der Waals surface area contributed by atoms with E-state index in [0.717, 1.165) is 5.39 Å². The summed E-state index contributed by atoms with van der Waals surface area (Å²) in [5, 5.41) is 12.2. The van der Waals surface area contributed by atoms with Crippen LogP contribution in [0.1, 0.15) is 12.5 Å². The molecule has 1 atom stereocenters. The summed E-state index contributed by atoms with van der Waals surface area (Å²) in [6.45, 7) is 1.79. The third kappa shape index (κ3) is 3.08. The molecule has 1 aliphatic rings. The molecule has 4 heterocycles. The van der Waals surface area contributed by atoms with Crippen LogP contribution in [0.25, 0.3) is 17.1 Å². The first-order chi connectivity index (χ1) is 13.2. The van der Waals surface area contributed by atoms with Gasteiger partial charge in [0.25, 0.3) is 0 Å². The predicted molar refractivity (Wildman–Crippen MR) is 93.1 cm³/mol. The number of nitrogens with zero attached hydrogens (tertiary/aromatic N) is 5. The van der Waals surface area contributed by atoms with Crippen molar-refractivity contribution in [3.63, 3.8) is 0 Å². The minimum atomic E-state index is -1.28. The first-order valence-corrected chi connectivity index (χ1v) is 8.13. The van der Waals surface area contributed by atoms with Crippen LogP contribution in [-0.2, 0) is 19.1 Å². The van der Waals surface area contributed by atoms with Crippen LogP contribution in [0.2, 0.25) is 0 Å². The molecule has 27 heavy (non-hydrogen) atoms. The minimum Gasteiger partial charge on any atom is -0.465 e. The summed E-state index contributed by atoms with van der Waals surface area (Å²) in [6, 6.07) is 3.65. The number of carbonyl (C=O) groups excluding carboxylic acids is 2. The van der Waals surface area contributed by atoms with Gasteiger partial charge in [-0.25, -0.2) is 9.66 Å². The summed E-state index contributed by atoms with van der Waals surface area (Å²) in [6.07, 6.45) is 7.54. The normalized spacial score (nSPS) is 19.7. The standard InChI is InChI=1S/C17H14N6O4/c1-2-26-17(25)13-14(24)12(27-16(13)22-23-8-20-21-9-23)6-10-7-19-15-11(10)4-3-5-18-15/h3-9,13H,2H2,1H3,(H,18,19)/b12-6-,22-16-. The van der Waals surface area contributed by atoms with Crippen LogP contribution in [0.15, 0.2) is 48.0 Å². The van der Waals surface area contributed by atoms with E-state index in [1.807, 2.05) is 6.07 Å². The van der Waals surface area contributed by atoms with Crippen LogP contribution < -0.4 is 0 Å². The molecule has 0 spiro atoms. The lowest BCUT2D eigenvalue weighted by Gasteiger charge is -2.05. The van der Waals surface area contributed by atoms with Gasteiger partial charge in [0.05, 0.1) is 6.61 Å². The van der Waals surface area contributed by atoms with E-state index in [2.05, 4.69) is 25.3 Å². The molecule has 3 aromatic rings. The molecule has 4 rings (SSSR count). The average Bonchev–Trinajstić information content (AvgIpc) is 3.37. The minimum absolute atomic E-state index is 0.00960. The quantitative estimate of drug-likeness (QED) is 0.417. The summed E-state index contributed by atoms with van der Waals surface area (Å²) in [5.74, 6) is -2.63. The second-order valence-electron chi connectivity index (χ2n) is 5.58. The molecule has 0 saturated carbocycles. The van der Waals surface area contributed by atoms with Crippen LogP contribution in [0.5, 0.6) is 0 Å². The average molecular weight is 366 g/mol. The Morgan fingerprint density at radius 2 is 2.26 bits per heavy atom. The van der Waals surface area contributed by atoms with E-state index in [1.54, 1.807) is 31.5 Å². The van der Waals surface area contributed by atoms with Crippen LogP contribution in [0.4, 0.5) is 0 Å². The van der Waals surface area contributed by atoms with Crippen LogP contribution in [0, 0.1) is 5.92 Å². The SMILES string of the molecule is CCOC(=O)C1C(=O)/C(=C/c2c[nH]c3ncccc23)O/C1=N\n1cnnc1. The molecule has 1 fully saturated rings. The van der Waals surface area contributed by atoms with Gasteiger partial charge in [-0.05, 0) is 25.1 Å². The maximum absolute atomic E-state index is 12.8. The number of carbonyl (C=O) groups is 2. The van der Waals surface area contributed by atoms with Gasteiger partial charge in [-0.3, -0.25) is 9.59 Å². The zero-order valence-electron chi connectivity index (χ0n) is 14.2. The Morgan fingerprint density at radius 3 is 3.04 bits per heavy atom. The summed E-state index contributed by atoms with van der Waals surface area (Å²) in [7, 11) is 0. The molecule has 10 heteroatoms. The van der Waals surface area contributed by atoms with Gasteiger partial charge in [-0.2, -0.15) is 0 Å². The maximum atomic E-state index is 12.8. The van der Waals surface area contributed by atoms with Crippen LogP contribution >= 0.6 is 0 Å². The van der Waals surface area contributed by atoms with Gasteiger partial charge in [0, 0.05) is 23.3 Å². The Kier molecular flexibility index (Phi) is 4.21. The Morgan fingerprint density at radius 1 is 1.44 bits per heavy atom. The number of H-pyrrole nitrogens is 1.